The van der Waals surface area contributed by atoms with E-state index in [2.05, 4.69) is 291 Å². The number of hydrogen-bond acceptors (Lipinski definition) is 2. The lowest BCUT2D eigenvalue weighted by Gasteiger charge is -2.28. The summed E-state index contributed by atoms with van der Waals surface area (Å²) in [6.45, 7) is 19.8. The van der Waals surface area contributed by atoms with E-state index in [0.29, 0.717) is 5.92 Å². The van der Waals surface area contributed by atoms with Crippen LogP contribution in [0.25, 0.3) is 46.6 Å². The standard InChI is InChI=1S/C69H66N2/c1-10-57-44-49(5)12-39-69(57)71(65-33-17-54(18-34-65)14-15-56-42-50(6)41-51(7)43-56)67-37-28-61(29-38-67)59-24-22-58(23-25-59)60-26-35-66(36-27-60)70(68-40-30-62(47(2)3)46-53(68)9)64-31-19-55(20-32-64)16-21-63-45-48(4)11-13-52(63)8/h11-47H,10H2,1-9H3/b15-14+,21-16+. The highest BCUT2D eigenvalue weighted by molar-refractivity contribution is 5.84. The Kier molecular flexibility index (Phi) is 14.5. The predicted octanol–water partition coefficient (Wildman–Crippen LogP) is 19.8. The first-order valence-corrected chi connectivity index (χ1v) is 25.2. The fraction of sp³-hybridized carbons (Fsp3) is 0.159. The predicted molar refractivity (Wildman–Crippen MR) is 309 cm³/mol. The Morgan fingerprint density at radius 2 is 0.775 bits per heavy atom. The average Bonchev–Trinajstić information content (AvgIpc) is 3.38. The summed E-state index contributed by atoms with van der Waals surface area (Å²) in [4.78, 5) is 4.79. The molecule has 0 aliphatic carbocycles. The summed E-state index contributed by atoms with van der Waals surface area (Å²) < 4.78 is 0. The first kappa shape index (κ1) is 48.1. The molecule has 0 radical (unpaired) electrons. The van der Waals surface area contributed by atoms with Gasteiger partial charge in [0, 0.05) is 34.1 Å². The highest BCUT2D eigenvalue weighted by Gasteiger charge is 2.18. The highest BCUT2D eigenvalue weighted by Crippen LogP contribution is 2.41. The summed E-state index contributed by atoms with van der Waals surface area (Å²) in [7, 11) is 0. The van der Waals surface area contributed by atoms with E-state index >= 15 is 0 Å². The molecule has 9 rings (SSSR count). The van der Waals surface area contributed by atoms with Crippen LogP contribution in [0, 0.1) is 41.5 Å². The lowest BCUT2D eigenvalue weighted by molar-refractivity contribution is 0.865. The molecule has 0 aliphatic rings. The van der Waals surface area contributed by atoms with Gasteiger partial charge in [0.25, 0.3) is 0 Å². The minimum atomic E-state index is 0.463. The number of aryl methyl sites for hydroxylation is 7. The summed E-state index contributed by atoms with van der Waals surface area (Å²) in [5.41, 5.74) is 26.8. The summed E-state index contributed by atoms with van der Waals surface area (Å²) in [5, 5.41) is 0. The highest BCUT2D eigenvalue weighted by atomic mass is 15.1. The van der Waals surface area contributed by atoms with E-state index in [0.717, 1.165) is 29.2 Å². The SMILES string of the molecule is CCc1cc(C)ccc1N(c1ccc(/C=C/c2cc(C)cc(C)c2)cc1)c1ccc(-c2ccc(-c3ccc(N(c4ccc(/C=C/c5cc(C)ccc5C)cc4)c4ccc(C(C)C)cc4C)cc3)cc2)cc1. The molecule has 9 aromatic rings. The van der Waals surface area contributed by atoms with Gasteiger partial charge in [-0.25, -0.2) is 0 Å². The number of rotatable bonds is 14. The van der Waals surface area contributed by atoms with Gasteiger partial charge in [-0.05, 0) is 181 Å². The maximum absolute atomic E-state index is 2.40. The molecule has 0 saturated carbocycles. The average molecular weight is 923 g/mol. The van der Waals surface area contributed by atoms with Crippen LogP contribution in [0.15, 0.2) is 194 Å². The van der Waals surface area contributed by atoms with Gasteiger partial charge < -0.3 is 9.80 Å². The molecule has 0 bridgehead atoms. The van der Waals surface area contributed by atoms with E-state index in [1.54, 1.807) is 0 Å². The van der Waals surface area contributed by atoms with Gasteiger partial charge in [0.1, 0.15) is 0 Å². The Balaban J connectivity index is 0.959. The first-order chi connectivity index (χ1) is 34.4. The molecule has 71 heavy (non-hydrogen) atoms. The van der Waals surface area contributed by atoms with Gasteiger partial charge in [-0.1, -0.05) is 201 Å². The normalized spacial score (nSPS) is 11.5. The molecule has 0 unspecified atom stereocenters. The van der Waals surface area contributed by atoms with Gasteiger partial charge in [-0.3, -0.25) is 0 Å². The Labute approximate surface area is 424 Å². The van der Waals surface area contributed by atoms with E-state index in [-0.39, 0.29) is 0 Å². The molecule has 0 heterocycles. The van der Waals surface area contributed by atoms with Crippen LogP contribution in [-0.4, -0.2) is 0 Å². The zero-order valence-corrected chi connectivity index (χ0v) is 43.0. The quantitative estimate of drug-likeness (QED) is 0.100. The van der Waals surface area contributed by atoms with Crippen LogP contribution in [0.3, 0.4) is 0 Å². The summed E-state index contributed by atoms with van der Waals surface area (Å²) in [5.74, 6) is 0.463. The van der Waals surface area contributed by atoms with Crippen molar-refractivity contribution in [1.29, 1.82) is 0 Å². The third-order valence-corrected chi connectivity index (χ3v) is 13.7. The van der Waals surface area contributed by atoms with Gasteiger partial charge >= 0.3 is 0 Å². The Hall–Kier alpha value is -7.94. The molecule has 352 valence electrons. The van der Waals surface area contributed by atoms with Crippen molar-refractivity contribution in [1.82, 2.24) is 0 Å². The van der Waals surface area contributed by atoms with Gasteiger partial charge in [0.15, 0.2) is 0 Å². The number of hydrogen-bond donors (Lipinski definition) is 0. The third-order valence-electron chi connectivity index (χ3n) is 13.7. The van der Waals surface area contributed by atoms with Crippen LogP contribution in [0.1, 0.15) is 93.5 Å². The van der Waals surface area contributed by atoms with Crippen molar-refractivity contribution >= 4 is 58.4 Å². The van der Waals surface area contributed by atoms with Gasteiger partial charge in [0.2, 0.25) is 0 Å². The van der Waals surface area contributed by atoms with Crippen molar-refractivity contribution in [2.45, 2.75) is 74.7 Å². The molecule has 0 saturated heterocycles. The Morgan fingerprint density at radius 1 is 0.352 bits per heavy atom. The van der Waals surface area contributed by atoms with E-state index in [1.807, 2.05) is 0 Å². The van der Waals surface area contributed by atoms with E-state index in [4.69, 9.17) is 0 Å². The molecule has 9 aromatic carbocycles. The van der Waals surface area contributed by atoms with Crippen molar-refractivity contribution in [2.24, 2.45) is 0 Å². The number of benzene rings is 9. The van der Waals surface area contributed by atoms with Crippen LogP contribution in [0.2, 0.25) is 0 Å². The lowest BCUT2D eigenvalue weighted by atomic mass is 9.98. The van der Waals surface area contributed by atoms with Crippen LogP contribution in [0.5, 0.6) is 0 Å². The van der Waals surface area contributed by atoms with E-state index in [9.17, 15) is 0 Å². The minimum Gasteiger partial charge on any atom is -0.310 e. The van der Waals surface area contributed by atoms with Crippen molar-refractivity contribution < 1.29 is 0 Å². The molecular weight excluding hydrogens is 857 g/mol. The number of anilines is 6. The van der Waals surface area contributed by atoms with Crippen LogP contribution < -0.4 is 9.80 Å². The zero-order valence-electron chi connectivity index (χ0n) is 43.0. The van der Waals surface area contributed by atoms with Crippen LogP contribution in [0.4, 0.5) is 34.1 Å². The van der Waals surface area contributed by atoms with Gasteiger partial charge in [0.05, 0.1) is 0 Å². The van der Waals surface area contributed by atoms with E-state index in [1.165, 1.54) is 100 Å². The van der Waals surface area contributed by atoms with Crippen molar-refractivity contribution in [3.05, 3.63) is 261 Å². The lowest BCUT2D eigenvalue weighted by Crippen LogP contribution is -2.12. The molecule has 0 aromatic heterocycles. The Morgan fingerprint density at radius 3 is 1.27 bits per heavy atom. The second-order valence-electron chi connectivity index (χ2n) is 19.7. The molecular formula is C69H66N2. The van der Waals surface area contributed by atoms with Crippen LogP contribution in [-0.2, 0) is 6.42 Å². The second kappa shape index (κ2) is 21.4. The molecule has 2 heteroatoms. The summed E-state index contributed by atoms with van der Waals surface area (Å²) in [6, 6.07) is 71.9. The first-order valence-electron chi connectivity index (χ1n) is 25.2. The number of nitrogens with zero attached hydrogens (tertiary/aromatic N) is 2. The zero-order chi connectivity index (χ0) is 49.6. The molecule has 0 amide bonds. The maximum Gasteiger partial charge on any atom is 0.0493 e. The Bertz CT molecular complexity index is 3310. The summed E-state index contributed by atoms with van der Waals surface area (Å²) >= 11 is 0. The largest absolute Gasteiger partial charge is 0.310 e. The topological polar surface area (TPSA) is 6.48 Å². The molecule has 0 fully saturated rings. The molecule has 2 nitrogen and oxygen atoms in total. The second-order valence-corrected chi connectivity index (χ2v) is 19.7. The molecule has 0 aliphatic heterocycles. The monoisotopic (exact) mass is 923 g/mol. The molecule has 0 atom stereocenters. The summed E-state index contributed by atoms with van der Waals surface area (Å²) in [6.07, 6.45) is 9.80. The fourth-order valence-corrected chi connectivity index (χ4v) is 9.71. The molecule has 0 N–H and O–H groups in total. The van der Waals surface area contributed by atoms with Gasteiger partial charge in [-0.15, -0.1) is 0 Å². The van der Waals surface area contributed by atoms with E-state index < -0.39 is 0 Å². The maximum atomic E-state index is 2.40. The van der Waals surface area contributed by atoms with Gasteiger partial charge in [-0.2, -0.15) is 0 Å². The fourth-order valence-electron chi connectivity index (χ4n) is 9.71. The van der Waals surface area contributed by atoms with Crippen LogP contribution >= 0.6 is 0 Å². The molecule has 0 spiro atoms. The smallest absolute Gasteiger partial charge is 0.0493 e. The third kappa shape index (κ3) is 11.3. The minimum absolute atomic E-state index is 0.463. The van der Waals surface area contributed by atoms with Crippen molar-refractivity contribution in [3.8, 4) is 22.3 Å². The van der Waals surface area contributed by atoms with Crippen molar-refractivity contribution in [2.75, 3.05) is 9.80 Å². The van der Waals surface area contributed by atoms with Crippen molar-refractivity contribution in [3.63, 3.8) is 0 Å².